The first-order valence-corrected chi connectivity index (χ1v) is 7.56. The number of amides is 1. The van der Waals surface area contributed by atoms with Gasteiger partial charge in [-0.2, -0.15) is 0 Å². The molecule has 1 aromatic carbocycles. The maximum Gasteiger partial charge on any atom is 0.259 e. The number of benzene rings is 1. The minimum Gasteiger partial charge on any atom is -0.454 e. The van der Waals surface area contributed by atoms with Gasteiger partial charge in [-0.3, -0.25) is 15.1 Å². The molecule has 8 heteroatoms. The van der Waals surface area contributed by atoms with Gasteiger partial charge in [-0.25, -0.2) is 0 Å². The largest absolute Gasteiger partial charge is 0.454 e. The maximum atomic E-state index is 12.1. The lowest BCUT2D eigenvalue weighted by Gasteiger charge is -1.99. The molecule has 1 aliphatic rings. The highest BCUT2D eigenvalue weighted by atomic mass is 32.1. The van der Waals surface area contributed by atoms with Crippen LogP contribution in [0.25, 0.3) is 10.6 Å². The van der Waals surface area contributed by atoms with E-state index in [1.165, 1.54) is 17.5 Å². The fourth-order valence-electron chi connectivity index (χ4n) is 2.09. The highest BCUT2D eigenvalue weighted by molar-refractivity contribution is 7.18. The fraction of sp³-hybridized carbons (Fsp3) is 0.0667. The Morgan fingerprint density at radius 3 is 2.96 bits per heavy atom. The topological polar surface area (TPSA) is 86.2 Å². The quantitative estimate of drug-likeness (QED) is 0.796. The summed E-state index contributed by atoms with van der Waals surface area (Å²) in [5, 5.41) is 11.9. The minimum absolute atomic E-state index is 0.224. The first-order chi connectivity index (χ1) is 11.3. The zero-order valence-corrected chi connectivity index (χ0v) is 12.5. The monoisotopic (exact) mass is 326 g/mol. The van der Waals surface area contributed by atoms with Crippen LogP contribution in [0.2, 0.25) is 0 Å². The number of hydrogen-bond donors (Lipinski definition) is 1. The van der Waals surface area contributed by atoms with Gasteiger partial charge in [-0.15, -0.1) is 10.2 Å². The van der Waals surface area contributed by atoms with Crippen LogP contribution in [0, 0.1) is 0 Å². The molecule has 0 bridgehead atoms. The van der Waals surface area contributed by atoms with E-state index in [0.29, 0.717) is 27.2 Å². The molecule has 1 aliphatic heterocycles. The van der Waals surface area contributed by atoms with Gasteiger partial charge < -0.3 is 9.47 Å². The van der Waals surface area contributed by atoms with Crippen LogP contribution in [-0.4, -0.2) is 27.9 Å². The molecule has 0 atom stereocenters. The Balaban J connectivity index is 1.54. The normalized spacial score (nSPS) is 12.2. The molecule has 0 aliphatic carbocycles. The van der Waals surface area contributed by atoms with Gasteiger partial charge in [0.2, 0.25) is 11.9 Å². The van der Waals surface area contributed by atoms with Crippen molar-refractivity contribution >= 4 is 22.4 Å². The van der Waals surface area contributed by atoms with Crippen LogP contribution in [-0.2, 0) is 0 Å². The number of rotatable bonds is 3. The zero-order valence-electron chi connectivity index (χ0n) is 11.7. The molecule has 0 spiro atoms. The Morgan fingerprint density at radius 1 is 1.17 bits per heavy atom. The number of carbonyl (C=O) groups is 1. The number of aromatic nitrogens is 3. The Hall–Kier alpha value is -3.00. The van der Waals surface area contributed by atoms with E-state index in [0.717, 1.165) is 5.56 Å². The van der Waals surface area contributed by atoms with Crippen molar-refractivity contribution < 1.29 is 14.3 Å². The van der Waals surface area contributed by atoms with E-state index >= 15 is 0 Å². The average molecular weight is 326 g/mol. The van der Waals surface area contributed by atoms with Crippen molar-refractivity contribution in [2.45, 2.75) is 0 Å². The number of ether oxygens (including phenoxy) is 2. The van der Waals surface area contributed by atoms with Crippen molar-refractivity contribution in [1.82, 2.24) is 15.2 Å². The van der Waals surface area contributed by atoms with E-state index in [2.05, 4.69) is 20.5 Å². The van der Waals surface area contributed by atoms with Crippen molar-refractivity contribution in [3.05, 3.63) is 48.3 Å². The highest BCUT2D eigenvalue weighted by Crippen LogP contribution is 2.37. The van der Waals surface area contributed by atoms with Crippen molar-refractivity contribution in [2.75, 3.05) is 12.1 Å². The van der Waals surface area contributed by atoms with Gasteiger partial charge in [0.05, 0.1) is 5.56 Å². The first-order valence-electron chi connectivity index (χ1n) is 6.74. The molecule has 23 heavy (non-hydrogen) atoms. The van der Waals surface area contributed by atoms with E-state index in [1.54, 1.807) is 18.3 Å². The molecule has 1 amide bonds. The van der Waals surface area contributed by atoms with Gasteiger partial charge >= 0.3 is 0 Å². The Labute approximate surface area is 134 Å². The van der Waals surface area contributed by atoms with Crippen LogP contribution in [0.3, 0.4) is 0 Å². The second-order valence-corrected chi connectivity index (χ2v) is 5.65. The van der Waals surface area contributed by atoms with Crippen molar-refractivity contribution in [2.24, 2.45) is 0 Å². The SMILES string of the molecule is O=C(Nc1nnc(-c2ccc3c(c2)OCO3)s1)c1cccnc1. The number of anilines is 1. The average Bonchev–Trinajstić information content (AvgIpc) is 3.23. The predicted molar refractivity (Wildman–Crippen MR) is 83.7 cm³/mol. The molecule has 0 unspecified atom stereocenters. The van der Waals surface area contributed by atoms with Crippen molar-refractivity contribution in [1.29, 1.82) is 0 Å². The van der Waals surface area contributed by atoms with Gasteiger partial charge in [0.1, 0.15) is 5.01 Å². The summed E-state index contributed by atoms with van der Waals surface area (Å²) >= 11 is 1.28. The molecule has 3 heterocycles. The summed E-state index contributed by atoms with van der Waals surface area (Å²) in [6, 6.07) is 8.93. The molecule has 0 radical (unpaired) electrons. The van der Waals surface area contributed by atoms with Gasteiger partial charge in [0.25, 0.3) is 5.91 Å². The molecular formula is C15H10N4O3S. The van der Waals surface area contributed by atoms with Gasteiger partial charge in [0.15, 0.2) is 11.5 Å². The number of nitrogens with zero attached hydrogens (tertiary/aromatic N) is 3. The van der Waals surface area contributed by atoms with Crippen molar-refractivity contribution in [3.8, 4) is 22.1 Å². The number of nitrogens with one attached hydrogen (secondary N) is 1. The number of pyridine rings is 1. The minimum atomic E-state index is -0.272. The molecule has 3 aromatic rings. The van der Waals surface area contributed by atoms with Gasteiger partial charge in [-0.05, 0) is 30.3 Å². The molecule has 7 nitrogen and oxygen atoms in total. The smallest absolute Gasteiger partial charge is 0.259 e. The third kappa shape index (κ3) is 2.71. The number of fused-ring (bicyclic) bond motifs is 1. The lowest BCUT2D eigenvalue weighted by molar-refractivity contribution is 0.102. The predicted octanol–water partition coefficient (Wildman–Crippen LogP) is 2.58. The van der Waals surface area contributed by atoms with Crippen LogP contribution in [0.4, 0.5) is 5.13 Å². The lowest BCUT2D eigenvalue weighted by Crippen LogP contribution is -2.11. The van der Waals surface area contributed by atoms with E-state index < -0.39 is 0 Å². The summed E-state index contributed by atoms with van der Waals surface area (Å²) in [6.45, 7) is 0.224. The zero-order chi connectivity index (χ0) is 15.6. The van der Waals surface area contributed by atoms with Gasteiger partial charge in [-0.1, -0.05) is 11.3 Å². The number of carbonyl (C=O) groups excluding carboxylic acids is 1. The second-order valence-electron chi connectivity index (χ2n) is 4.68. The van der Waals surface area contributed by atoms with E-state index in [1.807, 2.05) is 18.2 Å². The van der Waals surface area contributed by atoms with E-state index in [9.17, 15) is 4.79 Å². The Kier molecular flexibility index (Phi) is 3.35. The van der Waals surface area contributed by atoms with Crippen LogP contribution in [0.5, 0.6) is 11.5 Å². The van der Waals surface area contributed by atoms with Crippen LogP contribution in [0.15, 0.2) is 42.7 Å². The third-order valence-electron chi connectivity index (χ3n) is 3.19. The summed E-state index contributed by atoms with van der Waals surface area (Å²) in [5.41, 5.74) is 1.32. The first kappa shape index (κ1) is 13.6. The molecule has 0 saturated heterocycles. The van der Waals surface area contributed by atoms with E-state index in [4.69, 9.17) is 9.47 Å². The Morgan fingerprint density at radius 2 is 2.09 bits per heavy atom. The summed E-state index contributed by atoms with van der Waals surface area (Å²) in [5.74, 6) is 1.12. The van der Waals surface area contributed by atoms with Crippen LogP contribution >= 0.6 is 11.3 Å². The summed E-state index contributed by atoms with van der Waals surface area (Å²) in [6.07, 6.45) is 3.11. The highest BCUT2D eigenvalue weighted by Gasteiger charge is 2.16. The maximum absolute atomic E-state index is 12.1. The fourth-order valence-corrected chi connectivity index (χ4v) is 2.82. The number of hydrogen-bond acceptors (Lipinski definition) is 7. The Bertz CT molecular complexity index is 866. The third-order valence-corrected chi connectivity index (χ3v) is 4.08. The summed E-state index contributed by atoms with van der Waals surface area (Å²) in [4.78, 5) is 16.0. The standard InChI is InChI=1S/C15H10N4O3S/c20-13(10-2-1-5-16-7-10)17-15-19-18-14(23-15)9-3-4-11-12(6-9)22-8-21-11/h1-7H,8H2,(H,17,19,20). The molecular weight excluding hydrogens is 316 g/mol. The van der Waals surface area contributed by atoms with Crippen LogP contribution < -0.4 is 14.8 Å². The van der Waals surface area contributed by atoms with Crippen molar-refractivity contribution in [3.63, 3.8) is 0 Å². The molecule has 0 fully saturated rings. The molecule has 4 rings (SSSR count). The molecule has 1 N–H and O–H groups in total. The summed E-state index contributed by atoms with van der Waals surface area (Å²) < 4.78 is 10.6. The summed E-state index contributed by atoms with van der Waals surface area (Å²) in [7, 11) is 0. The molecule has 2 aromatic heterocycles. The molecule has 114 valence electrons. The molecule has 0 saturated carbocycles. The van der Waals surface area contributed by atoms with Gasteiger partial charge in [0, 0.05) is 18.0 Å². The second kappa shape index (κ2) is 5.65. The lowest BCUT2D eigenvalue weighted by atomic mass is 10.2. The van der Waals surface area contributed by atoms with Crippen LogP contribution in [0.1, 0.15) is 10.4 Å². The van der Waals surface area contributed by atoms with E-state index in [-0.39, 0.29) is 12.7 Å².